The quantitative estimate of drug-likeness (QED) is 0.0457. The second-order valence-electron chi connectivity index (χ2n) is 19.7. The third kappa shape index (κ3) is 19.6. The molecule has 0 bridgehead atoms. The lowest BCUT2D eigenvalue weighted by molar-refractivity contribution is -0.124. The smallest absolute Gasteiger partial charge is 0.407 e. The van der Waals surface area contributed by atoms with Crippen LogP contribution < -0.4 is 38.6 Å². The van der Waals surface area contributed by atoms with E-state index in [2.05, 4.69) is 49.7 Å². The number of carbonyl (C=O) groups is 3. The fourth-order valence-corrected chi connectivity index (χ4v) is 10.5. The van der Waals surface area contributed by atoms with Gasteiger partial charge in [-0.1, -0.05) is 94.4 Å². The molecule has 0 saturated carbocycles. The lowest BCUT2D eigenvalue weighted by Gasteiger charge is -2.30. The SMILES string of the molecule is CC(C)c1nc(CN(C)C(=O)N[C@H](C(=O)N[C@@H](Cc2ccccc2)C[C@H](O)[C@H](Cc2ccccc2)NC(=O)OCc2cncs2)C(C)C)cs1.Cc1cn([C@H]2C=C[C@@H](CO)O2)c(=O)[nH]c1=O.Nc1ccn([C@@H]2CS[C@H](CO)O2)c(=O)n1. The maximum atomic E-state index is 13.9. The topological polar surface area (TPSA) is 320 Å². The van der Waals surface area contributed by atoms with Crippen molar-refractivity contribution >= 4 is 58.3 Å². The van der Waals surface area contributed by atoms with Crippen molar-refractivity contribution in [3.05, 3.63) is 172 Å². The highest BCUT2D eigenvalue weighted by Gasteiger charge is 2.32. The molecule has 9 N–H and O–H groups in total. The molecule has 0 spiro atoms. The summed E-state index contributed by atoms with van der Waals surface area (Å²) in [5, 5.41) is 41.2. The fourth-order valence-electron chi connectivity index (χ4n) is 8.24. The lowest BCUT2D eigenvalue weighted by Crippen LogP contribution is -2.55. The minimum absolute atomic E-state index is 0.0572. The number of nitrogens with two attached hydrogens (primary N) is 1. The molecule has 0 radical (unpaired) electrons. The normalized spacial score (nSPS) is 17.9. The molecule has 0 unspecified atom stereocenters. The van der Waals surface area contributed by atoms with E-state index in [1.165, 1.54) is 43.3 Å². The van der Waals surface area contributed by atoms with E-state index in [0.29, 0.717) is 36.6 Å². The number of nitrogens with one attached hydrogen (secondary N) is 4. The summed E-state index contributed by atoms with van der Waals surface area (Å²) in [6.45, 7) is 9.70. The van der Waals surface area contributed by atoms with Crippen LogP contribution in [0.3, 0.4) is 0 Å². The highest BCUT2D eigenvalue weighted by Crippen LogP contribution is 2.30. The second kappa shape index (κ2) is 31.2. The number of nitrogens with zero attached hydrogens (tertiary/aromatic N) is 6. The molecule has 8 rings (SSSR count). The first-order valence-corrected chi connectivity index (χ1v) is 28.9. The third-order valence-corrected chi connectivity index (χ3v) is 15.6. The average molecular weight is 1170 g/mol. The van der Waals surface area contributed by atoms with Crippen LogP contribution in [0.5, 0.6) is 0 Å². The largest absolute Gasteiger partial charge is 0.444 e. The molecular weight excluding hydrogens is 1100 g/mol. The van der Waals surface area contributed by atoms with E-state index in [1.807, 2.05) is 79.9 Å². The Morgan fingerprint density at radius 1 is 0.901 bits per heavy atom. The molecule has 26 heteroatoms. The molecule has 8 atom stereocenters. The van der Waals surface area contributed by atoms with Gasteiger partial charge in [0.2, 0.25) is 5.91 Å². The van der Waals surface area contributed by atoms with Crippen LogP contribution >= 0.6 is 34.4 Å². The molecule has 6 heterocycles. The van der Waals surface area contributed by atoms with E-state index in [4.69, 9.17) is 30.2 Å². The van der Waals surface area contributed by atoms with Gasteiger partial charge in [0.15, 0.2) is 6.23 Å². The van der Waals surface area contributed by atoms with Crippen molar-refractivity contribution < 1.29 is 43.9 Å². The van der Waals surface area contributed by atoms with Crippen molar-refractivity contribution in [3.8, 4) is 0 Å². The van der Waals surface area contributed by atoms with Crippen molar-refractivity contribution in [3.63, 3.8) is 0 Å². The van der Waals surface area contributed by atoms with Crippen LogP contribution in [0.4, 0.5) is 15.4 Å². The summed E-state index contributed by atoms with van der Waals surface area (Å²) in [5.41, 5.74) is 8.54. The number of amides is 4. The predicted molar refractivity (Wildman–Crippen MR) is 309 cm³/mol. The summed E-state index contributed by atoms with van der Waals surface area (Å²) in [7, 11) is 1.68. The molecule has 436 valence electrons. The number of aliphatic hydroxyl groups excluding tert-OH is 3. The van der Waals surface area contributed by atoms with Gasteiger partial charge >= 0.3 is 23.5 Å². The van der Waals surface area contributed by atoms with E-state index in [-0.39, 0.29) is 61.6 Å². The van der Waals surface area contributed by atoms with Crippen molar-refractivity contribution in [1.82, 2.24) is 49.9 Å². The summed E-state index contributed by atoms with van der Waals surface area (Å²) < 4.78 is 18.8. The number of benzene rings is 2. The number of thiazole rings is 2. The first kappa shape index (κ1) is 63.1. The van der Waals surface area contributed by atoms with Crippen LogP contribution in [0.25, 0.3) is 0 Å². The molecular formula is C55H71N11O12S3. The van der Waals surface area contributed by atoms with Crippen LogP contribution in [-0.2, 0) is 45.0 Å². The molecule has 4 amide bonds. The van der Waals surface area contributed by atoms with Gasteiger partial charge in [0.1, 0.15) is 36.2 Å². The minimum Gasteiger partial charge on any atom is -0.444 e. The molecule has 2 aliphatic heterocycles. The van der Waals surface area contributed by atoms with Crippen molar-refractivity contribution in [2.75, 3.05) is 31.7 Å². The van der Waals surface area contributed by atoms with Crippen molar-refractivity contribution in [2.45, 2.75) is 121 Å². The Morgan fingerprint density at radius 3 is 2.20 bits per heavy atom. The number of hydrogen-bond acceptors (Lipinski definition) is 19. The summed E-state index contributed by atoms with van der Waals surface area (Å²) in [4.78, 5) is 90.9. The van der Waals surface area contributed by atoms with Gasteiger partial charge in [0.05, 0.1) is 53.0 Å². The summed E-state index contributed by atoms with van der Waals surface area (Å²) in [6, 6.07) is 18.3. The molecule has 6 aromatic rings. The molecule has 23 nitrogen and oxygen atoms in total. The van der Waals surface area contributed by atoms with Gasteiger partial charge in [0, 0.05) is 54.3 Å². The second-order valence-corrected chi connectivity index (χ2v) is 22.8. The highest BCUT2D eigenvalue weighted by molar-refractivity contribution is 8.00. The molecule has 2 aliphatic rings. The van der Waals surface area contributed by atoms with Gasteiger partial charge in [0.25, 0.3) is 5.56 Å². The number of thioether (sulfide) groups is 1. The van der Waals surface area contributed by atoms with Gasteiger partial charge in [-0.15, -0.1) is 34.4 Å². The van der Waals surface area contributed by atoms with E-state index < -0.39 is 59.6 Å². The average Bonchev–Trinajstić information content (AvgIpc) is 4.43. The van der Waals surface area contributed by atoms with Crippen molar-refractivity contribution in [1.29, 1.82) is 0 Å². The first-order valence-electron chi connectivity index (χ1n) is 26.1. The zero-order valence-electron chi connectivity index (χ0n) is 45.8. The highest BCUT2D eigenvalue weighted by atomic mass is 32.2. The summed E-state index contributed by atoms with van der Waals surface area (Å²) >= 11 is 4.42. The lowest BCUT2D eigenvalue weighted by atomic mass is 9.93. The maximum Gasteiger partial charge on any atom is 0.407 e. The molecule has 4 aromatic heterocycles. The Labute approximate surface area is 480 Å². The Bertz CT molecular complexity index is 3140. The monoisotopic (exact) mass is 1170 g/mol. The molecule has 0 aliphatic carbocycles. The zero-order chi connectivity index (χ0) is 58.6. The van der Waals surface area contributed by atoms with E-state index in [9.17, 15) is 33.9 Å². The predicted octanol–water partition coefficient (Wildman–Crippen LogP) is 4.60. The minimum atomic E-state index is -1.05. The van der Waals surface area contributed by atoms with E-state index >= 15 is 0 Å². The number of aryl methyl sites for hydroxylation is 1. The van der Waals surface area contributed by atoms with Gasteiger partial charge in [-0.3, -0.25) is 28.7 Å². The molecule has 1 fully saturated rings. The summed E-state index contributed by atoms with van der Waals surface area (Å²) in [5.74, 6) is 0.540. The number of rotatable bonds is 21. The van der Waals surface area contributed by atoms with Gasteiger partial charge in [-0.2, -0.15) is 4.98 Å². The Balaban J connectivity index is 0.000000272. The van der Waals surface area contributed by atoms with Gasteiger partial charge in [-0.25, -0.2) is 24.2 Å². The Kier molecular flexibility index (Phi) is 24.4. The van der Waals surface area contributed by atoms with E-state index in [0.717, 1.165) is 26.7 Å². The maximum absolute atomic E-state index is 13.9. The Morgan fingerprint density at radius 2 is 1.60 bits per heavy atom. The molecule has 2 aromatic carbocycles. The number of aromatic amines is 1. The van der Waals surface area contributed by atoms with Crippen LogP contribution in [-0.4, -0.2) is 129 Å². The Hall–Kier alpha value is -7.04. The number of alkyl carbamates (subject to hydrolysis) is 1. The molecule has 1 saturated heterocycles. The van der Waals surface area contributed by atoms with Crippen LogP contribution in [0.2, 0.25) is 0 Å². The number of hydrogen-bond donors (Lipinski definition) is 8. The van der Waals surface area contributed by atoms with Crippen LogP contribution in [0.15, 0.2) is 123 Å². The van der Waals surface area contributed by atoms with Crippen LogP contribution in [0, 0.1) is 12.8 Å². The zero-order valence-corrected chi connectivity index (χ0v) is 48.3. The number of aliphatic hydroxyl groups is 3. The van der Waals surface area contributed by atoms with Gasteiger partial charge in [-0.05, 0) is 55.4 Å². The number of carbonyl (C=O) groups excluding carboxylic acids is 3. The van der Waals surface area contributed by atoms with Gasteiger partial charge < -0.3 is 56.1 Å². The number of aromatic nitrogens is 6. The number of H-pyrrole nitrogens is 1. The number of urea groups is 1. The fraction of sp³-hybridized carbons (Fsp3) is 0.436. The number of nitrogen functional groups attached to an aromatic ring is 1. The van der Waals surface area contributed by atoms with E-state index in [1.54, 1.807) is 61.4 Å². The third-order valence-electron chi connectivity index (χ3n) is 12.6. The molecule has 81 heavy (non-hydrogen) atoms. The van der Waals surface area contributed by atoms with Crippen molar-refractivity contribution in [2.24, 2.45) is 5.92 Å². The standard InChI is InChI=1S/C37H48N6O5S2.C10H12N2O4.C8H11N3O3S/c1-24(2)33(42-36(46)43(5)20-29-22-49-35(40-29)25(3)4)34(45)39-28(16-26-12-8-6-9-13-26)18-32(44)31(17-27-14-10-7-11-15-27)41-37(47)48-21-30-19-38-23-50-30;1-6-4-12(10(15)11-9(6)14)8-3-2-7(5-13)16-8;9-5-1-2-11(8(13)10-5)6-4-15-7(3-12)14-6/h6-15,19,22-25,28,31-33,44H,16-18,20-21H2,1-5H3,(H,39,45)(H,41,47)(H,42,46);2-4,7-8,13H,5H2,1H3,(H,11,14,15);1-2,6-7,12H,3-4H2,(H2,9,10,13)/t28-,31-,32-,33-;7-,8+;6-,7+/m000/s1. The summed E-state index contributed by atoms with van der Waals surface area (Å²) in [6.07, 6.45) is 5.84. The number of anilines is 1. The number of ether oxygens (including phenoxy) is 3. The van der Waals surface area contributed by atoms with Crippen LogP contribution in [0.1, 0.15) is 84.8 Å². The first-order chi connectivity index (χ1) is 38.8.